The standard InChI is InChI=1S/C21H29N3O3/c1-15-7-10-23(11-8-15)20(17-6-4-5-9-22-17)19-18(25)14-16(2)24(21(19)26)12-13-27-3/h4-6,9,14-15,20,25H,7-8,10-13H2,1-3H3/t20-/m0/s1. The minimum absolute atomic E-state index is 0.0421. The van der Waals surface area contributed by atoms with Gasteiger partial charge in [-0.1, -0.05) is 13.0 Å². The molecule has 6 nitrogen and oxygen atoms in total. The highest BCUT2D eigenvalue weighted by Gasteiger charge is 2.31. The first-order chi connectivity index (χ1) is 13.0. The first-order valence-corrected chi connectivity index (χ1v) is 9.60. The zero-order chi connectivity index (χ0) is 19.4. The van der Waals surface area contributed by atoms with E-state index < -0.39 is 0 Å². The van der Waals surface area contributed by atoms with Gasteiger partial charge in [-0.15, -0.1) is 0 Å². The predicted octanol–water partition coefficient (Wildman–Crippen LogP) is 2.73. The summed E-state index contributed by atoms with van der Waals surface area (Å²) >= 11 is 0. The lowest BCUT2D eigenvalue weighted by Crippen LogP contribution is -2.40. The Bertz CT molecular complexity index is 811. The number of pyridine rings is 2. The highest BCUT2D eigenvalue weighted by Crippen LogP contribution is 2.34. The van der Waals surface area contributed by atoms with Crippen LogP contribution in [0.3, 0.4) is 0 Å². The molecule has 2 aromatic heterocycles. The molecule has 0 radical (unpaired) electrons. The molecule has 0 unspecified atom stereocenters. The molecule has 0 spiro atoms. The molecule has 0 amide bonds. The molecular weight excluding hydrogens is 342 g/mol. The maximum Gasteiger partial charge on any atom is 0.259 e. The van der Waals surface area contributed by atoms with E-state index in [1.807, 2.05) is 25.1 Å². The van der Waals surface area contributed by atoms with E-state index >= 15 is 0 Å². The molecule has 1 aliphatic heterocycles. The fourth-order valence-electron chi connectivity index (χ4n) is 3.83. The molecule has 0 aliphatic carbocycles. The van der Waals surface area contributed by atoms with Gasteiger partial charge in [0.15, 0.2) is 0 Å². The van der Waals surface area contributed by atoms with Crippen molar-refractivity contribution >= 4 is 0 Å². The number of aromatic hydroxyl groups is 1. The minimum atomic E-state index is -0.347. The highest BCUT2D eigenvalue weighted by atomic mass is 16.5. The first-order valence-electron chi connectivity index (χ1n) is 9.60. The Morgan fingerprint density at radius 2 is 2.07 bits per heavy atom. The van der Waals surface area contributed by atoms with Gasteiger partial charge in [-0.2, -0.15) is 0 Å². The molecule has 1 atom stereocenters. The van der Waals surface area contributed by atoms with Crippen molar-refractivity contribution in [1.29, 1.82) is 0 Å². The number of aryl methyl sites for hydroxylation is 1. The summed E-state index contributed by atoms with van der Waals surface area (Å²) in [4.78, 5) is 20.1. The summed E-state index contributed by atoms with van der Waals surface area (Å²) in [7, 11) is 1.62. The van der Waals surface area contributed by atoms with Gasteiger partial charge in [0.05, 0.1) is 23.9 Å². The fourth-order valence-corrected chi connectivity index (χ4v) is 3.83. The molecule has 3 heterocycles. The average Bonchev–Trinajstić information content (AvgIpc) is 2.66. The summed E-state index contributed by atoms with van der Waals surface area (Å²) in [5.41, 5.74) is 1.76. The Hall–Kier alpha value is -2.18. The summed E-state index contributed by atoms with van der Waals surface area (Å²) in [6.45, 7) is 6.76. The first kappa shape index (κ1) is 19.6. The molecule has 0 bridgehead atoms. The maximum absolute atomic E-state index is 13.3. The second-order valence-electron chi connectivity index (χ2n) is 7.41. The van der Waals surface area contributed by atoms with E-state index in [1.54, 1.807) is 23.9 Å². The lowest BCUT2D eigenvalue weighted by atomic mass is 9.94. The van der Waals surface area contributed by atoms with Crippen LogP contribution in [0.5, 0.6) is 5.75 Å². The highest BCUT2D eigenvalue weighted by molar-refractivity contribution is 5.39. The molecule has 1 fully saturated rings. The van der Waals surface area contributed by atoms with Crippen LogP contribution < -0.4 is 5.56 Å². The third-order valence-corrected chi connectivity index (χ3v) is 5.47. The van der Waals surface area contributed by atoms with E-state index in [0.29, 0.717) is 24.6 Å². The number of aromatic nitrogens is 2. The number of hydrogen-bond acceptors (Lipinski definition) is 5. The summed E-state index contributed by atoms with van der Waals surface area (Å²) < 4.78 is 6.84. The Kier molecular flexibility index (Phi) is 6.29. The molecule has 2 aromatic rings. The number of hydrogen-bond donors (Lipinski definition) is 1. The van der Waals surface area contributed by atoms with Crippen molar-refractivity contribution in [2.75, 3.05) is 26.8 Å². The Morgan fingerprint density at radius 3 is 2.70 bits per heavy atom. The van der Waals surface area contributed by atoms with Crippen LogP contribution in [0.1, 0.15) is 42.8 Å². The number of piperidine rings is 1. The molecular formula is C21H29N3O3. The SMILES string of the molecule is COCCn1c(C)cc(O)c([C@H](c2ccccn2)N2CCC(C)CC2)c1=O. The molecule has 1 saturated heterocycles. The topological polar surface area (TPSA) is 67.6 Å². The van der Waals surface area contributed by atoms with Gasteiger partial charge in [-0.3, -0.25) is 14.7 Å². The third kappa shape index (κ3) is 4.22. The van der Waals surface area contributed by atoms with Gasteiger partial charge >= 0.3 is 0 Å². The zero-order valence-electron chi connectivity index (χ0n) is 16.4. The fraction of sp³-hybridized carbons (Fsp3) is 0.524. The second kappa shape index (κ2) is 8.67. The largest absolute Gasteiger partial charge is 0.507 e. The Morgan fingerprint density at radius 1 is 1.33 bits per heavy atom. The van der Waals surface area contributed by atoms with Gasteiger partial charge in [-0.05, 0) is 57.0 Å². The number of rotatable bonds is 6. The number of nitrogens with zero attached hydrogens (tertiary/aromatic N) is 3. The smallest absolute Gasteiger partial charge is 0.259 e. The quantitative estimate of drug-likeness (QED) is 0.846. The maximum atomic E-state index is 13.3. The average molecular weight is 371 g/mol. The summed E-state index contributed by atoms with van der Waals surface area (Å²) in [6, 6.07) is 7.05. The van der Waals surface area contributed by atoms with Gasteiger partial charge in [0.1, 0.15) is 5.75 Å². The number of likely N-dealkylation sites (tertiary alicyclic amines) is 1. The summed E-state index contributed by atoms with van der Waals surface area (Å²) in [5.74, 6) is 0.719. The molecule has 6 heteroatoms. The summed E-state index contributed by atoms with van der Waals surface area (Å²) in [5, 5.41) is 10.7. The lowest BCUT2D eigenvalue weighted by Gasteiger charge is -2.36. The van der Waals surface area contributed by atoms with E-state index in [0.717, 1.165) is 37.3 Å². The van der Waals surface area contributed by atoms with Crippen molar-refractivity contribution in [3.8, 4) is 5.75 Å². The van der Waals surface area contributed by atoms with Crippen LogP contribution >= 0.6 is 0 Å². The molecule has 1 aliphatic rings. The number of methoxy groups -OCH3 is 1. The van der Waals surface area contributed by atoms with Crippen LogP contribution in [0.2, 0.25) is 0 Å². The van der Waals surface area contributed by atoms with E-state index in [1.165, 1.54) is 0 Å². The van der Waals surface area contributed by atoms with Crippen LogP contribution in [-0.4, -0.2) is 46.4 Å². The van der Waals surface area contributed by atoms with Crippen molar-refractivity contribution in [3.63, 3.8) is 0 Å². The number of ether oxygens (including phenoxy) is 1. The Balaban J connectivity index is 2.11. The normalized spacial score (nSPS) is 17.1. The van der Waals surface area contributed by atoms with E-state index in [9.17, 15) is 9.90 Å². The molecule has 3 rings (SSSR count). The van der Waals surface area contributed by atoms with Crippen molar-refractivity contribution in [2.45, 2.75) is 39.3 Å². The van der Waals surface area contributed by atoms with E-state index in [4.69, 9.17) is 4.74 Å². The van der Waals surface area contributed by atoms with Crippen LogP contribution in [0.25, 0.3) is 0 Å². The lowest BCUT2D eigenvalue weighted by molar-refractivity contribution is 0.151. The predicted molar refractivity (Wildman–Crippen MR) is 105 cm³/mol. The van der Waals surface area contributed by atoms with Crippen molar-refractivity contribution in [1.82, 2.24) is 14.5 Å². The molecule has 1 N–H and O–H groups in total. The van der Waals surface area contributed by atoms with Gasteiger partial charge in [0.2, 0.25) is 0 Å². The van der Waals surface area contributed by atoms with Gasteiger partial charge in [0, 0.05) is 25.5 Å². The van der Waals surface area contributed by atoms with Crippen LogP contribution in [-0.2, 0) is 11.3 Å². The van der Waals surface area contributed by atoms with Crippen molar-refractivity contribution < 1.29 is 9.84 Å². The molecule has 0 saturated carbocycles. The van der Waals surface area contributed by atoms with Gasteiger partial charge in [-0.25, -0.2) is 0 Å². The van der Waals surface area contributed by atoms with E-state index in [-0.39, 0.29) is 17.4 Å². The Labute approximate surface area is 160 Å². The van der Waals surface area contributed by atoms with Gasteiger partial charge < -0.3 is 14.4 Å². The second-order valence-corrected chi connectivity index (χ2v) is 7.41. The van der Waals surface area contributed by atoms with Crippen molar-refractivity contribution in [2.24, 2.45) is 5.92 Å². The van der Waals surface area contributed by atoms with Crippen molar-refractivity contribution in [3.05, 3.63) is 57.8 Å². The monoisotopic (exact) mass is 371 g/mol. The van der Waals surface area contributed by atoms with E-state index in [2.05, 4.69) is 16.8 Å². The zero-order valence-corrected chi connectivity index (χ0v) is 16.4. The van der Waals surface area contributed by atoms with Gasteiger partial charge in [0.25, 0.3) is 5.56 Å². The third-order valence-electron chi connectivity index (χ3n) is 5.47. The molecule has 0 aromatic carbocycles. The molecule has 146 valence electrons. The minimum Gasteiger partial charge on any atom is -0.507 e. The van der Waals surface area contributed by atoms with Crippen LogP contribution in [0.4, 0.5) is 0 Å². The van der Waals surface area contributed by atoms with Crippen LogP contribution in [0.15, 0.2) is 35.3 Å². The molecule has 27 heavy (non-hydrogen) atoms. The summed E-state index contributed by atoms with van der Waals surface area (Å²) in [6.07, 6.45) is 3.89. The van der Waals surface area contributed by atoms with Crippen LogP contribution in [0, 0.1) is 12.8 Å².